The van der Waals surface area contributed by atoms with Crippen LogP contribution < -0.4 is 63.1 Å². The summed E-state index contributed by atoms with van der Waals surface area (Å²) >= 11 is 0. The van der Waals surface area contributed by atoms with Crippen molar-refractivity contribution in [1.29, 1.82) is 0 Å². The summed E-state index contributed by atoms with van der Waals surface area (Å²) < 4.78 is 0. The average Bonchev–Trinajstić information content (AvgIpc) is 1.92. The minimum absolute atomic E-state index is 0. The van der Waals surface area contributed by atoms with Gasteiger partial charge in [0.2, 0.25) is 0 Å². The van der Waals surface area contributed by atoms with Gasteiger partial charge in [0, 0.05) is 19.6 Å². The molecule has 3 fully saturated rings. The number of nitrogens with zero attached hydrogens (tertiary/aromatic N) is 1. The number of nitrogens with one attached hydrogen (secondary N) is 1. The minimum atomic E-state index is 0. The molecule has 0 aromatic carbocycles. The maximum Gasteiger partial charge on any atom is 1.00 e. The number of hydrogen-bond donors (Lipinski definition) is 1. The third kappa shape index (κ3) is 2.07. The molecule has 0 radical (unpaired) electrons. The Hall–Kier alpha value is 1.73. The maximum atomic E-state index is 2.56. The first-order valence-corrected chi connectivity index (χ1v) is 3.51. The summed E-state index contributed by atoms with van der Waals surface area (Å²) in [6, 6.07) is 0. The normalized spacial score (nSPS) is 40.0. The Labute approximate surface area is 105 Å². The van der Waals surface area contributed by atoms with E-state index in [1.54, 1.807) is 0 Å². The van der Waals surface area contributed by atoms with Crippen LogP contribution in [0.25, 0.3) is 0 Å². The minimum Gasteiger partial charge on any atom is -0.332 e. The van der Waals surface area contributed by atoms with Gasteiger partial charge in [-0.2, -0.15) is 0 Å². The zero-order chi connectivity index (χ0) is 5.40. The van der Waals surface area contributed by atoms with E-state index in [-0.39, 0.29) is 58.2 Å². The zero-order valence-electron chi connectivity index (χ0n) is 6.19. The van der Waals surface area contributed by atoms with E-state index in [9.17, 15) is 0 Å². The van der Waals surface area contributed by atoms with E-state index in [4.69, 9.17) is 0 Å². The molecule has 1 N–H and O–H groups in total. The molecule has 2 bridgehead atoms. The van der Waals surface area contributed by atoms with Crippen LogP contribution >= 0.6 is 0 Å². The van der Waals surface area contributed by atoms with Gasteiger partial charge in [0.1, 0.15) is 0 Å². The van der Waals surface area contributed by atoms with Crippen molar-refractivity contribution >= 4 is 0 Å². The van der Waals surface area contributed by atoms with Crippen molar-refractivity contribution in [1.82, 2.24) is 4.90 Å². The summed E-state index contributed by atoms with van der Waals surface area (Å²) in [5, 5.41) is 0. The number of quaternary nitrogens is 1. The van der Waals surface area contributed by atoms with Crippen LogP contribution in [-0.2, 0) is 0 Å². The summed E-state index contributed by atoms with van der Waals surface area (Å²) in [4.78, 5) is 4.39. The van der Waals surface area contributed by atoms with Crippen molar-refractivity contribution in [2.75, 3.05) is 39.3 Å². The summed E-state index contributed by atoms with van der Waals surface area (Å²) in [7, 11) is 0. The molecule has 3 rings (SSSR count). The molecule has 3 heterocycles. The van der Waals surface area contributed by atoms with Crippen LogP contribution in [-0.4, -0.2) is 44.2 Å². The van der Waals surface area contributed by atoms with E-state index in [0.717, 1.165) is 0 Å². The first-order chi connectivity index (χ1) is 3.95. The third-order valence-electron chi connectivity index (χ3n) is 2.34. The van der Waals surface area contributed by atoms with E-state index < -0.39 is 0 Å². The molecule has 3 saturated heterocycles. The Kier molecular flexibility index (Phi) is 3.85. The van der Waals surface area contributed by atoms with Crippen molar-refractivity contribution in [2.24, 2.45) is 0 Å². The van der Waals surface area contributed by atoms with E-state index in [1.165, 1.54) is 39.3 Å². The number of hydrogen-bond acceptors (Lipinski definition) is 1. The van der Waals surface area contributed by atoms with Gasteiger partial charge in [0.05, 0.1) is 19.6 Å². The molecule has 3 aliphatic heterocycles. The van der Waals surface area contributed by atoms with Gasteiger partial charge >= 0.3 is 58.2 Å². The Bertz CT molecular complexity index is 66.0. The molecular weight excluding hydrogens is 186 g/mol. The van der Waals surface area contributed by atoms with Crippen LogP contribution in [0.3, 0.4) is 0 Å². The molecule has 0 saturated carbocycles. The zero-order valence-corrected chi connectivity index (χ0v) is 11.1. The molecule has 0 spiro atoms. The summed E-state index contributed by atoms with van der Waals surface area (Å²) in [6.07, 6.45) is 0. The quantitative estimate of drug-likeness (QED) is 0.411. The molecule has 3 heteroatoms. The van der Waals surface area contributed by atoms with Crippen molar-refractivity contribution in [3.05, 3.63) is 0 Å². The molecule has 0 aromatic heterocycles. The number of piperazine rings is 3. The maximum absolute atomic E-state index is 2.56. The van der Waals surface area contributed by atoms with E-state index in [2.05, 4.69) is 4.90 Å². The second-order valence-corrected chi connectivity index (χ2v) is 2.84. The first kappa shape index (κ1) is 8.82. The van der Waals surface area contributed by atoms with Gasteiger partial charge in [-0.1, -0.05) is 0 Å². The van der Waals surface area contributed by atoms with Gasteiger partial charge in [-0.15, -0.1) is 0 Å². The Morgan fingerprint density at radius 1 is 0.889 bits per heavy atom. The van der Waals surface area contributed by atoms with E-state index in [0.29, 0.717) is 0 Å². The molecule has 46 valence electrons. The fourth-order valence-corrected chi connectivity index (χ4v) is 1.66. The molecule has 0 aliphatic carbocycles. The van der Waals surface area contributed by atoms with Gasteiger partial charge in [-0.3, -0.25) is 4.90 Å². The Morgan fingerprint density at radius 3 is 1.44 bits per heavy atom. The van der Waals surface area contributed by atoms with Crippen LogP contribution in [0.2, 0.25) is 0 Å². The van der Waals surface area contributed by atoms with Crippen LogP contribution in [0, 0.1) is 0 Å². The molecular formula is C6H13N2Rb+2. The summed E-state index contributed by atoms with van der Waals surface area (Å²) in [5.74, 6) is 0. The smallest absolute Gasteiger partial charge is 0.332 e. The summed E-state index contributed by atoms with van der Waals surface area (Å²) in [6.45, 7) is 8.28. The van der Waals surface area contributed by atoms with E-state index in [1.807, 2.05) is 4.90 Å². The molecule has 0 atom stereocenters. The Balaban J connectivity index is 0.000000405. The predicted molar refractivity (Wildman–Crippen MR) is 32.0 cm³/mol. The van der Waals surface area contributed by atoms with Crippen molar-refractivity contribution in [2.45, 2.75) is 0 Å². The number of fused-ring (bicyclic) bond motifs is 3. The van der Waals surface area contributed by atoms with Crippen molar-refractivity contribution in [3.8, 4) is 0 Å². The van der Waals surface area contributed by atoms with Crippen molar-refractivity contribution < 1.29 is 63.1 Å². The monoisotopic (exact) mass is 198 g/mol. The number of rotatable bonds is 0. The summed E-state index contributed by atoms with van der Waals surface area (Å²) in [5.41, 5.74) is 0. The fourth-order valence-electron chi connectivity index (χ4n) is 1.66. The molecule has 0 aromatic rings. The molecule has 2 nitrogen and oxygen atoms in total. The Morgan fingerprint density at radius 2 is 1.33 bits per heavy atom. The van der Waals surface area contributed by atoms with Gasteiger partial charge in [-0.25, -0.2) is 0 Å². The second-order valence-electron chi connectivity index (χ2n) is 2.84. The molecule has 3 aliphatic rings. The van der Waals surface area contributed by atoms with Crippen LogP contribution in [0.4, 0.5) is 0 Å². The second kappa shape index (κ2) is 3.93. The van der Waals surface area contributed by atoms with Gasteiger partial charge in [0.15, 0.2) is 0 Å². The van der Waals surface area contributed by atoms with Crippen LogP contribution in [0.1, 0.15) is 0 Å². The average molecular weight is 199 g/mol. The molecule has 0 amide bonds. The largest absolute Gasteiger partial charge is 1.00 e. The van der Waals surface area contributed by atoms with Gasteiger partial charge in [0.25, 0.3) is 0 Å². The SMILES string of the molecule is C1C[NH+]2CCN1CC2.[Rb+]. The van der Waals surface area contributed by atoms with Gasteiger partial charge < -0.3 is 4.90 Å². The van der Waals surface area contributed by atoms with Crippen LogP contribution in [0.15, 0.2) is 0 Å². The fraction of sp³-hybridized carbons (Fsp3) is 1.00. The predicted octanol–water partition coefficient (Wildman–Crippen LogP) is -4.80. The molecule has 0 unspecified atom stereocenters. The van der Waals surface area contributed by atoms with Gasteiger partial charge in [-0.05, 0) is 0 Å². The molecule has 9 heavy (non-hydrogen) atoms. The standard InChI is InChI=1S/C6H12N2.Rb/c1-2-8-5-3-7(1)4-6-8;/h1-6H2;/q;+1/p+1. The van der Waals surface area contributed by atoms with Crippen molar-refractivity contribution in [3.63, 3.8) is 0 Å². The van der Waals surface area contributed by atoms with Crippen LogP contribution in [0.5, 0.6) is 0 Å². The topological polar surface area (TPSA) is 7.68 Å². The van der Waals surface area contributed by atoms with E-state index >= 15 is 0 Å². The third-order valence-corrected chi connectivity index (χ3v) is 2.34. The first-order valence-electron chi connectivity index (χ1n) is 3.51.